The van der Waals surface area contributed by atoms with Crippen molar-refractivity contribution in [3.05, 3.63) is 58.5 Å². The van der Waals surface area contributed by atoms with E-state index < -0.39 is 0 Å². The van der Waals surface area contributed by atoms with Gasteiger partial charge in [0.25, 0.3) is 5.91 Å². The zero-order valence-electron chi connectivity index (χ0n) is 14.6. The number of hydrogen-bond donors (Lipinski definition) is 1. The van der Waals surface area contributed by atoms with Crippen LogP contribution >= 0.6 is 68.5 Å². The molecule has 4 nitrogen and oxygen atoms in total. The number of amides is 1. The van der Waals surface area contributed by atoms with Crippen molar-refractivity contribution in [2.45, 2.75) is 6.92 Å². The van der Waals surface area contributed by atoms with E-state index in [0.717, 1.165) is 29.7 Å². The molecule has 1 fully saturated rings. The Morgan fingerprint density at radius 1 is 1.36 bits per heavy atom. The maximum absolute atomic E-state index is 12.4. The third kappa shape index (κ3) is 5.03. The summed E-state index contributed by atoms with van der Waals surface area (Å²) in [5.41, 5.74) is 2.51. The summed E-state index contributed by atoms with van der Waals surface area (Å²) in [6, 6.07) is 9.41. The number of nitrogens with one attached hydrogen (secondary N) is 1. The second-order valence-electron chi connectivity index (χ2n) is 5.67. The van der Waals surface area contributed by atoms with Crippen molar-refractivity contribution in [3.8, 4) is 18.1 Å². The molecule has 142 valence electrons. The van der Waals surface area contributed by atoms with Gasteiger partial charge in [0.2, 0.25) is 0 Å². The molecule has 2 aromatic rings. The highest BCUT2D eigenvalue weighted by Crippen LogP contribution is 2.33. The molecule has 0 aliphatic carbocycles. The summed E-state index contributed by atoms with van der Waals surface area (Å²) >= 11 is 11.8. The fourth-order valence-electron chi connectivity index (χ4n) is 2.37. The largest absolute Gasteiger partial charge is 0.479 e. The molecule has 1 amide bonds. The third-order valence-corrected chi connectivity index (χ3v) is 6.65. The number of nitrogens with zero attached hydrogens (tertiary/aromatic N) is 1. The number of terminal acetylenes is 1. The van der Waals surface area contributed by atoms with E-state index in [1.807, 2.05) is 43.3 Å². The van der Waals surface area contributed by atoms with Crippen molar-refractivity contribution < 1.29 is 9.53 Å². The maximum Gasteiger partial charge on any atom is 0.264 e. The van der Waals surface area contributed by atoms with Crippen LogP contribution in [0.25, 0.3) is 6.08 Å². The van der Waals surface area contributed by atoms with Crippen LogP contribution in [0.5, 0.6) is 5.75 Å². The average Bonchev–Trinajstić information content (AvgIpc) is 2.97. The SMILES string of the molecule is C#CCOc1c(I)cc(/C=C2/SC(=Nc3cccc(Cl)c3C)NC2=O)cc1I. The highest BCUT2D eigenvalue weighted by atomic mass is 127. The molecule has 1 N–H and O–H groups in total. The number of carbonyl (C=O) groups excluding carboxylic acids is 1. The Hall–Kier alpha value is -1.22. The van der Waals surface area contributed by atoms with Gasteiger partial charge in [0.05, 0.1) is 17.7 Å². The number of amidine groups is 1. The Balaban J connectivity index is 1.86. The smallest absolute Gasteiger partial charge is 0.264 e. The van der Waals surface area contributed by atoms with Crippen LogP contribution in [0.2, 0.25) is 5.02 Å². The summed E-state index contributed by atoms with van der Waals surface area (Å²) < 4.78 is 7.44. The topological polar surface area (TPSA) is 50.7 Å². The van der Waals surface area contributed by atoms with Crippen LogP contribution in [0.15, 0.2) is 40.2 Å². The quantitative estimate of drug-likeness (QED) is 0.265. The predicted molar refractivity (Wildman–Crippen MR) is 133 cm³/mol. The van der Waals surface area contributed by atoms with Crippen LogP contribution in [0.4, 0.5) is 5.69 Å². The lowest BCUT2D eigenvalue weighted by molar-refractivity contribution is -0.115. The number of rotatable bonds is 4. The molecule has 0 radical (unpaired) electrons. The molecule has 0 spiro atoms. The lowest BCUT2D eigenvalue weighted by Gasteiger charge is -2.09. The van der Waals surface area contributed by atoms with Gasteiger partial charge in [-0.25, -0.2) is 4.99 Å². The van der Waals surface area contributed by atoms with E-state index in [1.54, 1.807) is 0 Å². The van der Waals surface area contributed by atoms with Gasteiger partial charge in [-0.15, -0.1) is 6.42 Å². The van der Waals surface area contributed by atoms with Crippen LogP contribution in [0, 0.1) is 26.4 Å². The molecule has 3 rings (SSSR count). The first-order chi connectivity index (χ1) is 13.4. The van der Waals surface area contributed by atoms with Gasteiger partial charge >= 0.3 is 0 Å². The Bertz CT molecular complexity index is 1040. The second-order valence-corrected chi connectivity index (χ2v) is 9.43. The van der Waals surface area contributed by atoms with Crippen LogP contribution < -0.4 is 10.1 Å². The Morgan fingerprint density at radius 2 is 2.07 bits per heavy atom. The monoisotopic (exact) mass is 634 g/mol. The number of thioether (sulfide) groups is 1. The third-order valence-electron chi connectivity index (χ3n) is 3.73. The van der Waals surface area contributed by atoms with Gasteiger partial charge in [-0.05, 0) is 105 Å². The Morgan fingerprint density at radius 3 is 2.75 bits per heavy atom. The maximum atomic E-state index is 12.4. The van der Waals surface area contributed by atoms with Crippen LogP contribution in [-0.2, 0) is 4.79 Å². The average molecular weight is 635 g/mol. The lowest BCUT2D eigenvalue weighted by Crippen LogP contribution is -2.19. The fraction of sp³-hybridized carbons (Fsp3) is 0.100. The minimum Gasteiger partial charge on any atom is -0.479 e. The number of ether oxygens (including phenoxy) is 1. The van der Waals surface area contributed by atoms with E-state index >= 15 is 0 Å². The summed E-state index contributed by atoms with van der Waals surface area (Å²) in [6.45, 7) is 2.11. The van der Waals surface area contributed by atoms with Gasteiger partial charge in [0.15, 0.2) is 5.17 Å². The highest BCUT2D eigenvalue weighted by Gasteiger charge is 2.24. The number of carbonyl (C=O) groups is 1. The number of aliphatic imine (C=N–C) groups is 1. The van der Waals surface area contributed by atoms with Gasteiger partial charge in [-0.1, -0.05) is 23.6 Å². The molecule has 28 heavy (non-hydrogen) atoms. The van der Waals surface area contributed by atoms with E-state index in [9.17, 15) is 4.79 Å². The van der Waals surface area contributed by atoms with Crippen molar-refractivity contribution in [1.82, 2.24) is 5.32 Å². The van der Waals surface area contributed by atoms with E-state index in [4.69, 9.17) is 22.8 Å². The molecule has 1 saturated heterocycles. The Kier molecular flexibility index (Phi) is 7.31. The predicted octanol–water partition coefficient (Wildman–Crippen LogP) is 5.76. The van der Waals surface area contributed by atoms with Gasteiger partial charge in [0, 0.05) is 5.02 Å². The highest BCUT2D eigenvalue weighted by molar-refractivity contribution is 14.1. The number of benzene rings is 2. The van der Waals surface area contributed by atoms with Crippen LogP contribution in [-0.4, -0.2) is 17.7 Å². The van der Waals surface area contributed by atoms with Gasteiger partial charge in [-0.3, -0.25) is 4.79 Å². The van der Waals surface area contributed by atoms with Crippen molar-refractivity contribution in [1.29, 1.82) is 0 Å². The minimum absolute atomic E-state index is 0.180. The standard InChI is InChI=1S/C20H13ClI2N2O2S/c1-3-7-27-18-14(22)8-12(9-15(18)23)10-17-19(26)25-20(28-17)24-16-6-4-5-13(21)11(16)2/h1,4-6,8-10H,7H2,2H3,(H,24,25,26)/b17-10+. The second kappa shape index (κ2) is 9.52. The summed E-state index contributed by atoms with van der Waals surface area (Å²) in [7, 11) is 0. The zero-order valence-corrected chi connectivity index (χ0v) is 20.4. The molecule has 0 aromatic heterocycles. The van der Waals surface area contributed by atoms with Crippen molar-refractivity contribution in [2.24, 2.45) is 4.99 Å². The van der Waals surface area contributed by atoms with Crippen molar-refractivity contribution in [3.63, 3.8) is 0 Å². The van der Waals surface area contributed by atoms with E-state index in [0.29, 0.717) is 15.1 Å². The molecular formula is C20H13ClI2N2O2S. The molecule has 0 bridgehead atoms. The van der Waals surface area contributed by atoms with Crippen molar-refractivity contribution in [2.75, 3.05) is 6.61 Å². The van der Waals surface area contributed by atoms with Crippen molar-refractivity contribution >= 4 is 91.4 Å². The molecule has 8 heteroatoms. The first-order valence-electron chi connectivity index (χ1n) is 7.99. The molecular weight excluding hydrogens is 622 g/mol. The molecule has 0 saturated carbocycles. The van der Waals surface area contributed by atoms with E-state index in [-0.39, 0.29) is 12.5 Å². The van der Waals surface area contributed by atoms with E-state index in [1.165, 1.54) is 11.8 Å². The minimum atomic E-state index is -0.180. The molecule has 1 heterocycles. The van der Waals surface area contributed by atoms with Gasteiger partial charge in [0.1, 0.15) is 12.4 Å². The van der Waals surface area contributed by atoms with Gasteiger partial charge in [-0.2, -0.15) is 0 Å². The Labute approximate surface area is 199 Å². The first-order valence-corrected chi connectivity index (χ1v) is 11.3. The molecule has 2 aromatic carbocycles. The lowest BCUT2D eigenvalue weighted by atomic mass is 10.2. The summed E-state index contributed by atoms with van der Waals surface area (Å²) in [6.07, 6.45) is 7.10. The normalized spacial score (nSPS) is 16.3. The van der Waals surface area contributed by atoms with Crippen LogP contribution in [0.3, 0.4) is 0 Å². The summed E-state index contributed by atoms with van der Waals surface area (Å²) in [4.78, 5) is 17.4. The van der Waals surface area contributed by atoms with Gasteiger partial charge < -0.3 is 10.1 Å². The summed E-state index contributed by atoms with van der Waals surface area (Å²) in [5, 5.41) is 3.97. The first kappa shape index (κ1) is 21.5. The zero-order chi connectivity index (χ0) is 20.3. The number of halogens is 3. The molecule has 1 aliphatic heterocycles. The van der Waals surface area contributed by atoms with E-state index in [2.05, 4.69) is 61.4 Å². The fourth-order valence-corrected chi connectivity index (χ4v) is 5.51. The molecule has 1 aliphatic rings. The summed E-state index contributed by atoms with van der Waals surface area (Å²) in [5.74, 6) is 3.04. The number of hydrogen-bond acceptors (Lipinski definition) is 4. The molecule has 0 atom stereocenters. The van der Waals surface area contributed by atoms with Crippen LogP contribution in [0.1, 0.15) is 11.1 Å². The molecule has 0 unspecified atom stereocenters.